The predicted octanol–water partition coefficient (Wildman–Crippen LogP) is 2.40. The Morgan fingerprint density at radius 2 is 1.80 bits per heavy atom. The standard InChI is InChI=1S/C12H23NO2/c1-3-11(4-2)5-6-12(8-11,9-13)7-10(14)15/h3-9,13H2,1-2H3,(H,14,15)/t12-/m0/s1. The highest BCUT2D eigenvalue weighted by atomic mass is 16.4. The Hall–Kier alpha value is -0.570. The lowest BCUT2D eigenvalue weighted by Gasteiger charge is -2.31. The number of carboxylic acid groups (broad SMARTS) is 1. The first kappa shape index (κ1) is 12.5. The molecule has 1 aliphatic carbocycles. The fourth-order valence-corrected chi connectivity index (χ4v) is 3.07. The van der Waals surface area contributed by atoms with Gasteiger partial charge in [-0.2, -0.15) is 0 Å². The Balaban J connectivity index is 2.75. The van der Waals surface area contributed by atoms with Crippen LogP contribution < -0.4 is 5.73 Å². The van der Waals surface area contributed by atoms with Crippen molar-refractivity contribution in [1.29, 1.82) is 0 Å². The average molecular weight is 213 g/mol. The molecule has 1 atom stereocenters. The van der Waals surface area contributed by atoms with Crippen molar-refractivity contribution in [2.75, 3.05) is 6.54 Å². The van der Waals surface area contributed by atoms with Crippen molar-refractivity contribution >= 4 is 5.97 Å². The molecule has 3 heteroatoms. The Labute approximate surface area is 92.0 Å². The Bertz CT molecular complexity index is 236. The van der Waals surface area contributed by atoms with E-state index >= 15 is 0 Å². The summed E-state index contributed by atoms with van der Waals surface area (Å²) in [6, 6.07) is 0. The molecule has 0 aromatic rings. The summed E-state index contributed by atoms with van der Waals surface area (Å²) in [5.74, 6) is -0.705. The van der Waals surface area contributed by atoms with Crippen molar-refractivity contribution < 1.29 is 9.90 Å². The fourth-order valence-electron chi connectivity index (χ4n) is 3.07. The minimum Gasteiger partial charge on any atom is -0.481 e. The van der Waals surface area contributed by atoms with Crippen LogP contribution in [0.15, 0.2) is 0 Å². The molecule has 0 radical (unpaired) electrons. The molecular formula is C12H23NO2. The molecule has 88 valence electrons. The molecular weight excluding hydrogens is 190 g/mol. The van der Waals surface area contributed by atoms with Gasteiger partial charge in [0, 0.05) is 0 Å². The van der Waals surface area contributed by atoms with Crippen molar-refractivity contribution in [1.82, 2.24) is 0 Å². The molecule has 0 aromatic carbocycles. The van der Waals surface area contributed by atoms with Crippen LogP contribution in [0.1, 0.15) is 52.4 Å². The van der Waals surface area contributed by atoms with Crippen molar-refractivity contribution in [3.05, 3.63) is 0 Å². The second-order valence-corrected chi connectivity index (χ2v) is 5.16. The molecule has 0 saturated heterocycles. The smallest absolute Gasteiger partial charge is 0.303 e. The highest BCUT2D eigenvalue weighted by Gasteiger charge is 2.46. The maximum atomic E-state index is 10.9. The van der Waals surface area contributed by atoms with Crippen LogP contribution in [0.3, 0.4) is 0 Å². The van der Waals surface area contributed by atoms with E-state index in [4.69, 9.17) is 10.8 Å². The van der Waals surface area contributed by atoms with Crippen LogP contribution in [0, 0.1) is 10.8 Å². The zero-order chi connectivity index (χ0) is 11.5. The molecule has 1 aliphatic rings. The van der Waals surface area contributed by atoms with E-state index in [0.29, 0.717) is 12.0 Å². The summed E-state index contributed by atoms with van der Waals surface area (Å²) >= 11 is 0. The first-order valence-corrected chi connectivity index (χ1v) is 5.93. The Morgan fingerprint density at radius 3 is 2.13 bits per heavy atom. The third-order valence-electron chi connectivity index (χ3n) is 4.39. The lowest BCUT2D eigenvalue weighted by molar-refractivity contribution is -0.139. The summed E-state index contributed by atoms with van der Waals surface area (Å²) in [6.07, 6.45) is 5.65. The Kier molecular flexibility index (Phi) is 3.77. The molecule has 1 rings (SSSR count). The van der Waals surface area contributed by atoms with Gasteiger partial charge in [0.15, 0.2) is 0 Å². The normalized spacial score (nSPS) is 29.3. The summed E-state index contributed by atoms with van der Waals surface area (Å²) in [5, 5.41) is 8.93. The van der Waals surface area contributed by atoms with Crippen LogP contribution >= 0.6 is 0 Å². The third kappa shape index (κ3) is 2.51. The number of carbonyl (C=O) groups is 1. The highest BCUT2D eigenvalue weighted by Crippen LogP contribution is 2.54. The van der Waals surface area contributed by atoms with E-state index in [1.807, 2.05) is 0 Å². The van der Waals surface area contributed by atoms with Gasteiger partial charge in [-0.3, -0.25) is 4.79 Å². The predicted molar refractivity (Wildman–Crippen MR) is 60.6 cm³/mol. The molecule has 3 nitrogen and oxygen atoms in total. The first-order chi connectivity index (χ1) is 7.01. The van der Waals surface area contributed by atoms with Crippen molar-refractivity contribution in [2.45, 2.75) is 52.4 Å². The van der Waals surface area contributed by atoms with Crippen LogP contribution in [-0.2, 0) is 4.79 Å². The lowest BCUT2D eigenvalue weighted by atomic mass is 9.75. The Morgan fingerprint density at radius 1 is 1.27 bits per heavy atom. The number of hydrogen-bond acceptors (Lipinski definition) is 2. The van der Waals surface area contributed by atoms with E-state index in [2.05, 4.69) is 13.8 Å². The number of rotatable bonds is 5. The molecule has 0 bridgehead atoms. The lowest BCUT2D eigenvalue weighted by Crippen LogP contribution is -2.32. The largest absolute Gasteiger partial charge is 0.481 e. The highest BCUT2D eigenvalue weighted by molar-refractivity contribution is 5.67. The first-order valence-electron chi connectivity index (χ1n) is 5.93. The topological polar surface area (TPSA) is 63.3 Å². The molecule has 0 spiro atoms. The molecule has 1 saturated carbocycles. The van der Waals surface area contributed by atoms with E-state index in [0.717, 1.165) is 32.1 Å². The monoisotopic (exact) mass is 213 g/mol. The van der Waals surface area contributed by atoms with Crippen LogP contribution in [0.5, 0.6) is 0 Å². The van der Waals surface area contributed by atoms with Crippen LogP contribution in [-0.4, -0.2) is 17.6 Å². The number of carboxylic acids is 1. The minimum atomic E-state index is -0.705. The van der Waals surface area contributed by atoms with E-state index < -0.39 is 5.97 Å². The second-order valence-electron chi connectivity index (χ2n) is 5.16. The molecule has 3 N–H and O–H groups in total. The maximum absolute atomic E-state index is 10.9. The minimum absolute atomic E-state index is 0.127. The van der Waals surface area contributed by atoms with Crippen LogP contribution in [0.25, 0.3) is 0 Å². The molecule has 0 heterocycles. The molecule has 0 amide bonds. The average Bonchev–Trinajstić information content (AvgIpc) is 2.58. The van der Waals surface area contributed by atoms with Gasteiger partial charge in [-0.15, -0.1) is 0 Å². The van der Waals surface area contributed by atoms with Gasteiger partial charge in [-0.25, -0.2) is 0 Å². The molecule has 1 fully saturated rings. The zero-order valence-corrected chi connectivity index (χ0v) is 9.88. The van der Waals surface area contributed by atoms with Gasteiger partial charge in [-0.1, -0.05) is 26.7 Å². The van der Waals surface area contributed by atoms with E-state index in [1.165, 1.54) is 0 Å². The van der Waals surface area contributed by atoms with Crippen molar-refractivity contribution in [3.63, 3.8) is 0 Å². The second kappa shape index (κ2) is 4.52. The van der Waals surface area contributed by atoms with Gasteiger partial charge in [-0.05, 0) is 36.6 Å². The number of nitrogens with two attached hydrogens (primary N) is 1. The van der Waals surface area contributed by atoms with Crippen LogP contribution in [0.4, 0.5) is 0 Å². The van der Waals surface area contributed by atoms with Gasteiger partial charge >= 0.3 is 5.97 Å². The van der Waals surface area contributed by atoms with Crippen molar-refractivity contribution in [3.8, 4) is 0 Å². The van der Waals surface area contributed by atoms with Crippen LogP contribution in [0.2, 0.25) is 0 Å². The van der Waals surface area contributed by atoms with Gasteiger partial charge in [0.1, 0.15) is 0 Å². The summed E-state index contributed by atoms with van der Waals surface area (Å²) < 4.78 is 0. The molecule has 0 unspecified atom stereocenters. The molecule has 0 aliphatic heterocycles. The maximum Gasteiger partial charge on any atom is 0.303 e. The number of hydrogen-bond donors (Lipinski definition) is 2. The van der Waals surface area contributed by atoms with Crippen molar-refractivity contribution in [2.24, 2.45) is 16.6 Å². The van der Waals surface area contributed by atoms with E-state index in [-0.39, 0.29) is 11.8 Å². The summed E-state index contributed by atoms with van der Waals surface area (Å²) in [5.41, 5.74) is 6.01. The SMILES string of the molecule is CCC1(CC)CC[C@](CN)(CC(=O)O)C1. The zero-order valence-electron chi connectivity index (χ0n) is 9.88. The fraction of sp³-hybridized carbons (Fsp3) is 0.917. The summed E-state index contributed by atoms with van der Waals surface area (Å²) in [7, 11) is 0. The molecule has 15 heavy (non-hydrogen) atoms. The van der Waals surface area contributed by atoms with Gasteiger partial charge in [0.05, 0.1) is 6.42 Å². The van der Waals surface area contributed by atoms with Gasteiger partial charge in [0.2, 0.25) is 0 Å². The third-order valence-corrected chi connectivity index (χ3v) is 4.39. The van der Waals surface area contributed by atoms with E-state index in [9.17, 15) is 4.79 Å². The van der Waals surface area contributed by atoms with E-state index in [1.54, 1.807) is 0 Å². The van der Waals surface area contributed by atoms with Gasteiger partial charge in [0.25, 0.3) is 0 Å². The summed E-state index contributed by atoms with van der Waals surface area (Å²) in [4.78, 5) is 10.9. The molecule has 0 aromatic heterocycles. The number of aliphatic carboxylic acids is 1. The summed E-state index contributed by atoms with van der Waals surface area (Å²) in [6.45, 7) is 4.93. The van der Waals surface area contributed by atoms with Gasteiger partial charge < -0.3 is 10.8 Å². The quantitative estimate of drug-likeness (QED) is 0.737.